The van der Waals surface area contributed by atoms with Crippen LogP contribution in [-0.2, 0) is 0 Å². The monoisotopic (exact) mass is 388 g/mol. The second-order valence-electron chi connectivity index (χ2n) is 6.13. The Morgan fingerprint density at radius 2 is 1.89 bits per heavy atom. The number of benzene rings is 2. The first-order chi connectivity index (χ1) is 12.9. The minimum Gasteiger partial charge on any atom is -0.406 e. The molecule has 2 heterocycles. The summed E-state index contributed by atoms with van der Waals surface area (Å²) < 4.78 is 42.0. The third-order valence-corrected chi connectivity index (χ3v) is 5.15. The number of ether oxygens (including phenoxy) is 1. The second kappa shape index (κ2) is 6.74. The Bertz CT molecular complexity index is 1040. The SMILES string of the molecule is CC1=CCN(c2ccc(OC(F)(F)F)cc2)C=C1c1cccc2scnc12. The number of hydrogen-bond acceptors (Lipinski definition) is 4. The average molecular weight is 388 g/mol. The van der Waals surface area contributed by atoms with Gasteiger partial charge in [-0.05, 0) is 42.8 Å². The van der Waals surface area contributed by atoms with E-state index in [4.69, 9.17) is 0 Å². The van der Waals surface area contributed by atoms with Gasteiger partial charge < -0.3 is 9.64 Å². The Hall–Kier alpha value is -2.80. The van der Waals surface area contributed by atoms with Gasteiger partial charge in [0.2, 0.25) is 0 Å². The van der Waals surface area contributed by atoms with Gasteiger partial charge in [0, 0.05) is 29.6 Å². The van der Waals surface area contributed by atoms with Crippen molar-refractivity contribution in [1.82, 2.24) is 4.98 Å². The summed E-state index contributed by atoms with van der Waals surface area (Å²) in [6, 6.07) is 12.0. The smallest absolute Gasteiger partial charge is 0.406 e. The molecule has 3 nitrogen and oxygen atoms in total. The molecule has 4 rings (SSSR count). The quantitative estimate of drug-likeness (QED) is 0.550. The Morgan fingerprint density at radius 3 is 2.63 bits per heavy atom. The number of aromatic nitrogens is 1. The summed E-state index contributed by atoms with van der Waals surface area (Å²) in [5, 5.41) is 0. The largest absolute Gasteiger partial charge is 0.573 e. The van der Waals surface area contributed by atoms with Crippen molar-refractivity contribution >= 4 is 32.8 Å². The van der Waals surface area contributed by atoms with E-state index in [9.17, 15) is 13.2 Å². The summed E-state index contributed by atoms with van der Waals surface area (Å²) in [6.07, 6.45) is -0.574. The van der Waals surface area contributed by atoms with Crippen LogP contribution in [0.15, 0.2) is 65.8 Å². The lowest BCUT2D eigenvalue weighted by Gasteiger charge is -2.26. The molecule has 3 aromatic rings. The van der Waals surface area contributed by atoms with E-state index in [1.807, 2.05) is 34.8 Å². The van der Waals surface area contributed by atoms with E-state index in [-0.39, 0.29) is 5.75 Å². The number of fused-ring (bicyclic) bond motifs is 1. The van der Waals surface area contributed by atoms with Crippen molar-refractivity contribution in [2.45, 2.75) is 13.3 Å². The zero-order valence-corrected chi connectivity index (χ0v) is 15.1. The highest BCUT2D eigenvalue weighted by Crippen LogP contribution is 2.34. The van der Waals surface area contributed by atoms with Gasteiger partial charge in [-0.1, -0.05) is 18.2 Å². The molecule has 0 fully saturated rings. The van der Waals surface area contributed by atoms with Crippen LogP contribution in [0.5, 0.6) is 5.75 Å². The topological polar surface area (TPSA) is 25.4 Å². The molecule has 1 aliphatic rings. The van der Waals surface area contributed by atoms with Crippen LogP contribution in [-0.4, -0.2) is 17.9 Å². The predicted molar refractivity (Wildman–Crippen MR) is 102 cm³/mol. The maximum atomic E-state index is 12.3. The summed E-state index contributed by atoms with van der Waals surface area (Å²) >= 11 is 1.59. The Kier molecular flexibility index (Phi) is 4.39. The Labute approximate surface area is 158 Å². The number of halogens is 3. The van der Waals surface area contributed by atoms with Crippen LogP contribution in [0.2, 0.25) is 0 Å². The van der Waals surface area contributed by atoms with E-state index in [1.165, 1.54) is 12.1 Å². The van der Waals surface area contributed by atoms with Gasteiger partial charge in [0.25, 0.3) is 0 Å². The lowest BCUT2D eigenvalue weighted by atomic mass is 9.96. The molecule has 2 aromatic carbocycles. The maximum Gasteiger partial charge on any atom is 0.573 e. The number of anilines is 1. The molecule has 0 saturated heterocycles. The molecular weight excluding hydrogens is 373 g/mol. The van der Waals surface area contributed by atoms with Gasteiger partial charge in [-0.3, -0.25) is 0 Å². The summed E-state index contributed by atoms with van der Waals surface area (Å²) in [6.45, 7) is 2.69. The van der Waals surface area contributed by atoms with Crippen LogP contribution < -0.4 is 9.64 Å². The highest BCUT2D eigenvalue weighted by atomic mass is 32.1. The molecule has 0 bridgehead atoms. The normalized spacial score (nSPS) is 14.9. The molecular formula is C20H15F3N2OS. The minimum absolute atomic E-state index is 0.230. The summed E-state index contributed by atoms with van der Waals surface area (Å²) in [7, 11) is 0. The van der Waals surface area contributed by atoms with Crippen LogP contribution >= 0.6 is 11.3 Å². The lowest BCUT2D eigenvalue weighted by Crippen LogP contribution is -2.20. The second-order valence-corrected chi connectivity index (χ2v) is 7.02. The molecule has 0 radical (unpaired) electrons. The van der Waals surface area contributed by atoms with E-state index in [0.29, 0.717) is 6.54 Å². The number of allylic oxidation sites excluding steroid dienone is 2. The number of alkyl halides is 3. The Balaban J connectivity index is 1.66. The zero-order chi connectivity index (χ0) is 19.0. The molecule has 0 aliphatic carbocycles. The minimum atomic E-state index is -4.69. The Morgan fingerprint density at radius 1 is 1.11 bits per heavy atom. The van der Waals surface area contributed by atoms with Crippen molar-refractivity contribution in [2.75, 3.05) is 11.4 Å². The third kappa shape index (κ3) is 3.68. The molecule has 0 saturated carbocycles. The van der Waals surface area contributed by atoms with E-state index in [1.54, 1.807) is 23.5 Å². The van der Waals surface area contributed by atoms with Crippen molar-refractivity contribution in [1.29, 1.82) is 0 Å². The van der Waals surface area contributed by atoms with Crippen LogP contribution in [0.3, 0.4) is 0 Å². The van der Waals surface area contributed by atoms with Crippen molar-refractivity contribution in [3.05, 3.63) is 71.4 Å². The van der Waals surface area contributed by atoms with Gasteiger partial charge in [-0.15, -0.1) is 24.5 Å². The molecule has 0 N–H and O–H groups in total. The summed E-state index contributed by atoms with van der Waals surface area (Å²) in [5.74, 6) is -0.230. The summed E-state index contributed by atoms with van der Waals surface area (Å²) in [5.41, 5.74) is 6.81. The van der Waals surface area contributed by atoms with E-state index >= 15 is 0 Å². The zero-order valence-electron chi connectivity index (χ0n) is 14.3. The lowest BCUT2D eigenvalue weighted by molar-refractivity contribution is -0.274. The molecule has 0 amide bonds. The molecule has 0 spiro atoms. The van der Waals surface area contributed by atoms with Gasteiger partial charge in [-0.25, -0.2) is 4.98 Å². The number of hydrogen-bond donors (Lipinski definition) is 0. The first-order valence-corrected chi connectivity index (χ1v) is 9.13. The van der Waals surface area contributed by atoms with Crippen molar-refractivity contribution in [3.63, 3.8) is 0 Å². The van der Waals surface area contributed by atoms with Crippen molar-refractivity contribution in [3.8, 4) is 5.75 Å². The maximum absolute atomic E-state index is 12.3. The van der Waals surface area contributed by atoms with Gasteiger partial charge in [0.15, 0.2) is 0 Å². The van der Waals surface area contributed by atoms with Crippen LogP contribution in [0.4, 0.5) is 18.9 Å². The van der Waals surface area contributed by atoms with E-state index in [0.717, 1.165) is 32.6 Å². The molecule has 138 valence electrons. The fourth-order valence-corrected chi connectivity index (χ4v) is 3.76. The van der Waals surface area contributed by atoms with E-state index < -0.39 is 6.36 Å². The van der Waals surface area contributed by atoms with Crippen molar-refractivity contribution in [2.24, 2.45) is 0 Å². The fourth-order valence-electron chi connectivity index (χ4n) is 3.06. The molecule has 7 heteroatoms. The predicted octanol–water partition coefficient (Wildman–Crippen LogP) is 6.00. The van der Waals surface area contributed by atoms with E-state index in [2.05, 4.69) is 22.7 Å². The van der Waals surface area contributed by atoms with Gasteiger partial charge in [-0.2, -0.15) is 0 Å². The standard InChI is InChI=1S/C20H15F3N2OS/c1-13-9-10-25(14-5-7-15(8-6-14)26-20(21,22)23)11-17(13)16-3-2-4-18-19(16)24-12-27-18/h2-9,11-12H,10H2,1H3. The molecule has 1 aliphatic heterocycles. The molecule has 0 unspecified atom stereocenters. The van der Waals surface area contributed by atoms with Gasteiger partial charge in [0.05, 0.1) is 15.7 Å². The summed E-state index contributed by atoms with van der Waals surface area (Å²) in [4.78, 5) is 6.47. The highest BCUT2D eigenvalue weighted by Gasteiger charge is 2.31. The first kappa shape index (κ1) is 17.6. The molecule has 0 atom stereocenters. The van der Waals surface area contributed by atoms with Crippen LogP contribution in [0.25, 0.3) is 15.8 Å². The highest BCUT2D eigenvalue weighted by molar-refractivity contribution is 7.16. The fraction of sp³-hybridized carbons (Fsp3) is 0.150. The average Bonchev–Trinajstić information content (AvgIpc) is 3.10. The number of thiazole rings is 1. The molecule has 27 heavy (non-hydrogen) atoms. The number of nitrogens with zero attached hydrogens (tertiary/aromatic N) is 2. The number of para-hydroxylation sites is 1. The van der Waals surface area contributed by atoms with Crippen LogP contribution in [0, 0.1) is 0 Å². The van der Waals surface area contributed by atoms with Gasteiger partial charge >= 0.3 is 6.36 Å². The number of rotatable bonds is 3. The van der Waals surface area contributed by atoms with Crippen LogP contribution in [0.1, 0.15) is 12.5 Å². The first-order valence-electron chi connectivity index (χ1n) is 8.25. The van der Waals surface area contributed by atoms with Crippen molar-refractivity contribution < 1.29 is 17.9 Å². The molecule has 1 aromatic heterocycles. The third-order valence-electron chi connectivity index (χ3n) is 4.36. The van der Waals surface area contributed by atoms with Gasteiger partial charge in [0.1, 0.15) is 5.75 Å².